The number of ether oxygens (including phenoxy) is 1. The van der Waals surface area contributed by atoms with E-state index >= 15 is 0 Å². The third kappa shape index (κ3) is 0.999. The van der Waals surface area contributed by atoms with Gasteiger partial charge in [0.1, 0.15) is 5.60 Å². The van der Waals surface area contributed by atoms with Gasteiger partial charge in [0.2, 0.25) is 5.91 Å². The standard InChI is InChI=1S/C10H16ClNO2/c1-3-10-6-14-9(10,2)7(4-5-11)8(13)12-10/h7H,3-6H2,1-2H3,(H,12,13)/t7-,9-,10-/m0/s1. The molecular weight excluding hydrogens is 202 g/mol. The molecule has 14 heavy (non-hydrogen) atoms. The van der Waals surface area contributed by atoms with Crippen molar-refractivity contribution in [2.75, 3.05) is 12.5 Å². The fraction of sp³-hybridized carbons (Fsp3) is 0.900. The number of carbonyl (C=O) groups excluding carboxylic acids is 1. The fourth-order valence-electron chi connectivity index (χ4n) is 2.70. The highest BCUT2D eigenvalue weighted by Gasteiger charge is 2.67. The van der Waals surface area contributed by atoms with E-state index in [1.54, 1.807) is 0 Å². The zero-order valence-corrected chi connectivity index (χ0v) is 9.36. The van der Waals surface area contributed by atoms with E-state index in [0.29, 0.717) is 18.9 Å². The lowest BCUT2D eigenvalue weighted by atomic mass is 9.70. The number of alkyl halides is 1. The smallest absolute Gasteiger partial charge is 0.226 e. The number of amides is 1. The topological polar surface area (TPSA) is 38.3 Å². The number of carbonyl (C=O) groups is 1. The number of rotatable bonds is 3. The van der Waals surface area contributed by atoms with Crippen LogP contribution in [0.1, 0.15) is 26.7 Å². The molecule has 2 heterocycles. The lowest BCUT2D eigenvalue weighted by molar-refractivity contribution is -0.218. The second kappa shape index (κ2) is 3.11. The van der Waals surface area contributed by atoms with Crippen LogP contribution in [-0.4, -0.2) is 29.5 Å². The molecule has 0 saturated carbocycles. The van der Waals surface area contributed by atoms with Crippen LogP contribution in [0.25, 0.3) is 0 Å². The lowest BCUT2D eigenvalue weighted by Crippen LogP contribution is -2.70. The van der Waals surface area contributed by atoms with E-state index in [1.807, 2.05) is 6.92 Å². The van der Waals surface area contributed by atoms with Crippen LogP contribution in [0.2, 0.25) is 0 Å². The molecule has 2 rings (SSSR count). The molecule has 0 aromatic heterocycles. The molecule has 2 fully saturated rings. The molecule has 3 atom stereocenters. The van der Waals surface area contributed by atoms with E-state index in [0.717, 1.165) is 6.42 Å². The van der Waals surface area contributed by atoms with E-state index in [9.17, 15) is 4.79 Å². The molecule has 0 radical (unpaired) electrons. The van der Waals surface area contributed by atoms with Gasteiger partial charge in [-0.3, -0.25) is 4.79 Å². The molecule has 1 N–H and O–H groups in total. The Kier molecular flexibility index (Phi) is 2.27. The average molecular weight is 218 g/mol. The molecule has 80 valence electrons. The normalized spacial score (nSPS) is 45.6. The van der Waals surface area contributed by atoms with Gasteiger partial charge in [-0.25, -0.2) is 0 Å². The van der Waals surface area contributed by atoms with Crippen molar-refractivity contribution < 1.29 is 9.53 Å². The number of fused-ring (bicyclic) bond motifs is 1. The van der Waals surface area contributed by atoms with Crippen molar-refractivity contribution >= 4 is 17.5 Å². The molecule has 4 heteroatoms. The Morgan fingerprint density at radius 1 is 1.71 bits per heavy atom. The Hall–Kier alpha value is -0.280. The Morgan fingerprint density at radius 3 is 2.79 bits per heavy atom. The maximum atomic E-state index is 11.7. The highest BCUT2D eigenvalue weighted by atomic mass is 35.5. The molecule has 2 saturated heterocycles. The van der Waals surface area contributed by atoms with Crippen LogP contribution in [0.4, 0.5) is 0 Å². The van der Waals surface area contributed by atoms with E-state index in [4.69, 9.17) is 16.3 Å². The van der Waals surface area contributed by atoms with Gasteiger partial charge in [0.15, 0.2) is 0 Å². The van der Waals surface area contributed by atoms with Gasteiger partial charge in [-0.05, 0) is 19.8 Å². The molecule has 0 aliphatic carbocycles. The maximum absolute atomic E-state index is 11.7. The Balaban J connectivity index is 2.25. The van der Waals surface area contributed by atoms with Crippen LogP contribution in [0.15, 0.2) is 0 Å². The largest absolute Gasteiger partial charge is 0.369 e. The SMILES string of the molecule is CC[C@]12CO[C@@]1(C)[C@@H](CCCl)C(=O)N2. The first-order valence-corrected chi connectivity index (χ1v) is 5.65. The van der Waals surface area contributed by atoms with E-state index in [1.165, 1.54) is 0 Å². The molecule has 0 aromatic rings. The Bertz CT molecular complexity index is 267. The van der Waals surface area contributed by atoms with Crippen LogP contribution in [-0.2, 0) is 9.53 Å². The van der Waals surface area contributed by atoms with Gasteiger partial charge in [0.05, 0.1) is 18.1 Å². The summed E-state index contributed by atoms with van der Waals surface area (Å²) in [6, 6.07) is 0. The second-order valence-corrected chi connectivity index (χ2v) is 4.73. The Labute approximate surface area is 89.1 Å². The van der Waals surface area contributed by atoms with Crippen LogP contribution in [0.5, 0.6) is 0 Å². The van der Waals surface area contributed by atoms with Crippen molar-refractivity contribution in [3.05, 3.63) is 0 Å². The lowest BCUT2D eigenvalue weighted by Gasteiger charge is -2.53. The number of hydrogen-bond acceptors (Lipinski definition) is 2. The number of nitrogens with one attached hydrogen (secondary N) is 1. The predicted octanol–water partition coefficient (Wildman–Crippen LogP) is 1.30. The zero-order chi connectivity index (χ0) is 10.4. The highest BCUT2D eigenvalue weighted by molar-refractivity contribution is 6.18. The van der Waals surface area contributed by atoms with Crippen molar-refractivity contribution in [2.45, 2.75) is 37.8 Å². The zero-order valence-electron chi connectivity index (χ0n) is 8.60. The van der Waals surface area contributed by atoms with Crippen molar-refractivity contribution in [1.29, 1.82) is 0 Å². The highest BCUT2D eigenvalue weighted by Crippen LogP contribution is 2.50. The minimum absolute atomic E-state index is 0.0753. The Morgan fingerprint density at radius 2 is 2.43 bits per heavy atom. The van der Waals surface area contributed by atoms with Gasteiger partial charge < -0.3 is 10.1 Å². The van der Waals surface area contributed by atoms with Crippen LogP contribution < -0.4 is 5.32 Å². The summed E-state index contributed by atoms with van der Waals surface area (Å²) < 4.78 is 5.63. The summed E-state index contributed by atoms with van der Waals surface area (Å²) in [7, 11) is 0. The minimum Gasteiger partial charge on any atom is -0.369 e. The average Bonchev–Trinajstić information content (AvgIpc) is 2.30. The van der Waals surface area contributed by atoms with E-state index in [-0.39, 0.29) is 23.0 Å². The van der Waals surface area contributed by atoms with Gasteiger partial charge in [0, 0.05) is 5.88 Å². The quantitative estimate of drug-likeness (QED) is 0.724. The second-order valence-electron chi connectivity index (χ2n) is 4.35. The predicted molar refractivity (Wildman–Crippen MR) is 54.3 cm³/mol. The molecule has 3 nitrogen and oxygen atoms in total. The molecule has 0 unspecified atom stereocenters. The maximum Gasteiger partial charge on any atom is 0.226 e. The fourth-order valence-corrected chi connectivity index (χ4v) is 2.92. The van der Waals surface area contributed by atoms with Gasteiger partial charge in [0.25, 0.3) is 0 Å². The van der Waals surface area contributed by atoms with E-state index in [2.05, 4.69) is 12.2 Å². The van der Waals surface area contributed by atoms with Gasteiger partial charge in [-0.2, -0.15) is 0 Å². The van der Waals surface area contributed by atoms with Crippen LogP contribution >= 0.6 is 11.6 Å². The monoisotopic (exact) mass is 217 g/mol. The van der Waals surface area contributed by atoms with Crippen molar-refractivity contribution in [3.63, 3.8) is 0 Å². The first-order valence-electron chi connectivity index (χ1n) is 5.11. The summed E-state index contributed by atoms with van der Waals surface area (Å²) in [6.07, 6.45) is 1.62. The number of hydrogen-bond donors (Lipinski definition) is 1. The summed E-state index contributed by atoms with van der Waals surface area (Å²) in [5.41, 5.74) is -0.450. The molecule has 2 aliphatic heterocycles. The molecule has 0 bridgehead atoms. The van der Waals surface area contributed by atoms with Crippen molar-refractivity contribution in [2.24, 2.45) is 5.92 Å². The van der Waals surface area contributed by atoms with Crippen LogP contribution in [0.3, 0.4) is 0 Å². The summed E-state index contributed by atoms with van der Waals surface area (Å²) >= 11 is 5.70. The summed E-state index contributed by atoms with van der Waals surface area (Å²) in [6.45, 7) is 4.75. The first kappa shape index (κ1) is 10.2. The van der Waals surface area contributed by atoms with E-state index < -0.39 is 0 Å². The number of halogens is 1. The van der Waals surface area contributed by atoms with Gasteiger partial charge in [-0.1, -0.05) is 6.92 Å². The third-order valence-electron chi connectivity index (χ3n) is 3.91. The molecule has 0 aromatic carbocycles. The van der Waals surface area contributed by atoms with Crippen molar-refractivity contribution in [3.8, 4) is 0 Å². The summed E-state index contributed by atoms with van der Waals surface area (Å²) in [5, 5.41) is 3.07. The molecule has 2 aliphatic rings. The van der Waals surface area contributed by atoms with Gasteiger partial charge in [-0.15, -0.1) is 11.6 Å². The minimum atomic E-state index is -0.326. The molecule has 0 spiro atoms. The summed E-state index contributed by atoms with van der Waals surface area (Å²) in [4.78, 5) is 11.7. The van der Waals surface area contributed by atoms with Crippen molar-refractivity contribution in [1.82, 2.24) is 5.32 Å². The molecular formula is C10H16ClNO2. The van der Waals surface area contributed by atoms with Gasteiger partial charge >= 0.3 is 0 Å². The molecule has 1 amide bonds. The van der Waals surface area contributed by atoms with Crippen LogP contribution in [0, 0.1) is 5.92 Å². The summed E-state index contributed by atoms with van der Waals surface area (Å²) in [5.74, 6) is 0.540. The first-order chi connectivity index (χ1) is 6.59. The third-order valence-corrected chi connectivity index (χ3v) is 4.13.